The topological polar surface area (TPSA) is 111 Å². The molecular formula is C26H26F3N7O2. The number of anilines is 2. The number of hydrogen-bond donors (Lipinski definition) is 2. The number of carbonyl (C=O) groups excluding carboxylic acids is 1. The number of carbonyl (C=O) groups is 1. The summed E-state index contributed by atoms with van der Waals surface area (Å²) >= 11 is 0. The lowest BCUT2D eigenvalue weighted by atomic mass is 10.1. The summed E-state index contributed by atoms with van der Waals surface area (Å²) in [5, 5.41) is 7.69. The lowest BCUT2D eigenvalue weighted by Crippen LogP contribution is -2.27. The van der Waals surface area contributed by atoms with Crippen molar-refractivity contribution in [2.45, 2.75) is 45.1 Å². The van der Waals surface area contributed by atoms with Gasteiger partial charge in [-0.05, 0) is 54.5 Å². The number of halogens is 3. The molecule has 1 aliphatic heterocycles. The smallest absolute Gasteiger partial charge is 0.406 e. The van der Waals surface area contributed by atoms with Crippen LogP contribution in [0.3, 0.4) is 0 Å². The van der Waals surface area contributed by atoms with Gasteiger partial charge in [-0.3, -0.25) is 4.68 Å². The average molecular weight is 526 g/mol. The van der Waals surface area contributed by atoms with E-state index in [1.807, 2.05) is 12.1 Å². The normalized spacial score (nSPS) is 15.7. The van der Waals surface area contributed by atoms with Crippen molar-refractivity contribution in [3.63, 3.8) is 0 Å². The number of nitrogen functional groups attached to an aromatic ring is 1. The Labute approximate surface area is 216 Å². The maximum atomic E-state index is 13.6. The summed E-state index contributed by atoms with van der Waals surface area (Å²) in [5.41, 5.74) is 5.95. The van der Waals surface area contributed by atoms with Gasteiger partial charge in [0.05, 0.1) is 12.7 Å². The van der Waals surface area contributed by atoms with Gasteiger partial charge in [0, 0.05) is 36.9 Å². The van der Waals surface area contributed by atoms with Gasteiger partial charge in [0.15, 0.2) is 5.75 Å². The van der Waals surface area contributed by atoms with Crippen LogP contribution in [0, 0.1) is 0 Å². The number of nitrogens with zero attached hydrogens (tertiary/aromatic N) is 5. The molecule has 0 spiro atoms. The van der Waals surface area contributed by atoms with Gasteiger partial charge in [-0.1, -0.05) is 18.2 Å². The molecule has 1 fully saturated rings. The second-order valence-corrected chi connectivity index (χ2v) is 9.24. The number of ether oxygens (including phenoxy) is 1. The van der Waals surface area contributed by atoms with Crippen LogP contribution in [-0.2, 0) is 19.3 Å². The van der Waals surface area contributed by atoms with E-state index in [-0.39, 0.29) is 13.1 Å². The van der Waals surface area contributed by atoms with Crippen molar-refractivity contribution in [3.05, 3.63) is 71.8 Å². The third kappa shape index (κ3) is 5.48. The van der Waals surface area contributed by atoms with Crippen molar-refractivity contribution >= 4 is 28.5 Å². The zero-order valence-corrected chi connectivity index (χ0v) is 20.6. The van der Waals surface area contributed by atoms with Gasteiger partial charge in [-0.2, -0.15) is 18.3 Å². The van der Waals surface area contributed by atoms with Crippen LogP contribution in [0.1, 0.15) is 36.6 Å². The number of aromatic nitrogens is 4. The van der Waals surface area contributed by atoms with Gasteiger partial charge in [0.2, 0.25) is 5.69 Å². The van der Waals surface area contributed by atoms with Crippen molar-refractivity contribution < 1.29 is 22.7 Å². The summed E-state index contributed by atoms with van der Waals surface area (Å²) in [6.45, 7) is 3.14. The van der Waals surface area contributed by atoms with E-state index in [2.05, 4.69) is 32.2 Å². The van der Waals surface area contributed by atoms with Crippen LogP contribution in [-0.4, -0.2) is 38.4 Å². The van der Waals surface area contributed by atoms with Gasteiger partial charge < -0.3 is 20.7 Å². The Morgan fingerprint density at radius 3 is 2.71 bits per heavy atom. The van der Waals surface area contributed by atoms with E-state index in [9.17, 15) is 18.0 Å². The number of nitrogens with two attached hydrogens (primary N) is 1. The molecule has 1 aromatic carbocycles. The lowest BCUT2D eigenvalue weighted by molar-refractivity contribution is -0.142. The summed E-state index contributed by atoms with van der Waals surface area (Å²) < 4.78 is 47.0. The molecule has 0 radical (unpaired) electrons. The summed E-state index contributed by atoms with van der Waals surface area (Å²) in [5.74, 6) is 0.538. The van der Waals surface area contributed by atoms with Crippen molar-refractivity contribution in [1.82, 2.24) is 25.1 Å². The number of pyridine rings is 2. The van der Waals surface area contributed by atoms with Crippen molar-refractivity contribution in [3.8, 4) is 5.75 Å². The Morgan fingerprint density at radius 1 is 1.18 bits per heavy atom. The zero-order valence-electron chi connectivity index (χ0n) is 20.6. The monoisotopic (exact) mass is 525 g/mol. The van der Waals surface area contributed by atoms with E-state index in [0.717, 1.165) is 46.9 Å². The van der Waals surface area contributed by atoms with Gasteiger partial charge >= 0.3 is 12.3 Å². The quantitative estimate of drug-likeness (QED) is 0.374. The van der Waals surface area contributed by atoms with E-state index in [0.29, 0.717) is 23.0 Å². The first kappa shape index (κ1) is 25.3. The van der Waals surface area contributed by atoms with Gasteiger partial charge in [0.1, 0.15) is 11.6 Å². The second-order valence-electron chi connectivity index (χ2n) is 9.24. The number of amides is 1. The van der Waals surface area contributed by atoms with E-state index < -0.39 is 23.7 Å². The first-order chi connectivity index (χ1) is 18.2. The fraction of sp³-hybridized carbons (Fsp3) is 0.308. The highest BCUT2D eigenvalue weighted by atomic mass is 19.4. The molecule has 1 amide bonds. The molecule has 0 aliphatic carbocycles. The molecule has 198 valence electrons. The third-order valence-electron chi connectivity index (χ3n) is 6.50. The second kappa shape index (κ2) is 10.2. The highest BCUT2D eigenvalue weighted by molar-refractivity contribution is 5.91. The Morgan fingerprint density at radius 2 is 2.00 bits per heavy atom. The molecule has 0 unspecified atom stereocenters. The SMILES string of the molecule is C[C@@H]1CCCN1c1ccc(Cn2cc(OC(=O)NCc3ccc4c(N)nccc4c3)c(C(F)(F)F)n2)cn1. The zero-order chi connectivity index (χ0) is 26.9. The summed E-state index contributed by atoms with van der Waals surface area (Å²) in [4.78, 5) is 23.0. The highest BCUT2D eigenvalue weighted by Crippen LogP contribution is 2.35. The van der Waals surface area contributed by atoms with E-state index in [1.54, 1.807) is 36.7 Å². The van der Waals surface area contributed by atoms with Gasteiger partial charge in [-0.15, -0.1) is 0 Å². The first-order valence-electron chi connectivity index (χ1n) is 12.1. The van der Waals surface area contributed by atoms with Crippen LogP contribution in [0.15, 0.2) is 55.0 Å². The van der Waals surface area contributed by atoms with Crippen LogP contribution >= 0.6 is 0 Å². The molecule has 4 heterocycles. The predicted molar refractivity (Wildman–Crippen MR) is 136 cm³/mol. The minimum absolute atomic E-state index is 0.0337. The third-order valence-corrected chi connectivity index (χ3v) is 6.50. The number of fused-ring (bicyclic) bond motifs is 1. The van der Waals surface area contributed by atoms with Crippen LogP contribution in [0.5, 0.6) is 5.75 Å². The molecule has 1 atom stereocenters. The predicted octanol–water partition coefficient (Wildman–Crippen LogP) is 4.75. The molecular weight excluding hydrogens is 499 g/mol. The van der Waals surface area contributed by atoms with Gasteiger partial charge in [-0.25, -0.2) is 14.8 Å². The minimum atomic E-state index is -4.80. The molecule has 38 heavy (non-hydrogen) atoms. The number of nitrogens with one attached hydrogen (secondary N) is 1. The van der Waals surface area contributed by atoms with Crippen LogP contribution < -0.4 is 20.7 Å². The largest absolute Gasteiger partial charge is 0.438 e. The van der Waals surface area contributed by atoms with Crippen molar-refractivity contribution in [2.24, 2.45) is 0 Å². The van der Waals surface area contributed by atoms with Crippen LogP contribution in [0.4, 0.5) is 29.6 Å². The average Bonchev–Trinajstić information content (AvgIpc) is 3.49. The highest BCUT2D eigenvalue weighted by Gasteiger charge is 2.39. The first-order valence-corrected chi connectivity index (χ1v) is 12.1. The molecule has 5 rings (SSSR count). The lowest BCUT2D eigenvalue weighted by Gasteiger charge is -2.22. The van der Waals surface area contributed by atoms with Crippen molar-refractivity contribution in [1.29, 1.82) is 0 Å². The van der Waals surface area contributed by atoms with E-state index in [4.69, 9.17) is 10.5 Å². The molecule has 1 aliphatic rings. The molecule has 3 aromatic heterocycles. The molecule has 3 N–H and O–H groups in total. The Bertz CT molecular complexity index is 1450. The van der Waals surface area contributed by atoms with Crippen molar-refractivity contribution in [2.75, 3.05) is 17.2 Å². The molecule has 9 nitrogen and oxygen atoms in total. The minimum Gasteiger partial charge on any atom is -0.406 e. The standard InChI is InChI=1S/C26H26F3N7O2/c1-16-3-2-10-36(16)22-7-5-18(13-32-22)14-35-15-21(23(34-35)26(27,28)29)38-25(37)33-12-17-4-6-20-19(11-17)8-9-31-24(20)30/h4-9,11,13,15-16H,2-3,10,12,14H2,1H3,(H2,30,31)(H,33,37)/t16-/m1/s1. The molecule has 12 heteroatoms. The summed E-state index contributed by atoms with van der Waals surface area (Å²) in [6.07, 6.45) is 0.612. The number of benzene rings is 1. The summed E-state index contributed by atoms with van der Waals surface area (Å²) in [6, 6.07) is 11.1. The Hall–Kier alpha value is -4.35. The van der Waals surface area contributed by atoms with Gasteiger partial charge in [0.25, 0.3) is 0 Å². The maximum Gasteiger partial charge on any atom is 0.438 e. The fourth-order valence-corrected chi connectivity index (χ4v) is 4.57. The van der Waals surface area contributed by atoms with Crippen LogP contribution in [0.25, 0.3) is 10.8 Å². The number of hydrogen-bond acceptors (Lipinski definition) is 7. The molecule has 0 bridgehead atoms. The number of rotatable bonds is 6. The Balaban J connectivity index is 1.25. The summed E-state index contributed by atoms with van der Waals surface area (Å²) in [7, 11) is 0. The number of alkyl halides is 3. The van der Waals surface area contributed by atoms with E-state index >= 15 is 0 Å². The van der Waals surface area contributed by atoms with Crippen LogP contribution in [0.2, 0.25) is 0 Å². The van der Waals surface area contributed by atoms with E-state index in [1.165, 1.54) is 0 Å². The molecule has 4 aromatic rings. The Kier molecular flexibility index (Phi) is 6.79. The molecule has 0 saturated carbocycles. The molecule has 1 saturated heterocycles. The fourth-order valence-electron chi connectivity index (χ4n) is 4.57. The maximum absolute atomic E-state index is 13.6.